The second kappa shape index (κ2) is 6.13. The Morgan fingerprint density at radius 3 is 2.57 bits per heavy atom. The van der Waals surface area contributed by atoms with Crippen LogP contribution in [-0.4, -0.2) is 46.0 Å². The van der Waals surface area contributed by atoms with Crippen LogP contribution in [0, 0.1) is 5.82 Å². The molecule has 1 aliphatic rings. The summed E-state index contributed by atoms with van der Waals surface area (Å²) >= 11 is 0. The third-order valence-corrected chi connectivity index (χ3v) is 3.91. The predicted octanol–water partition coefficient (Wildman–Crippen LogP) is 1.89. The number of piperazine rings is 1. The van der Waals surface area contributed by atoms with Gasteiger partial charge in [-0.15, -0.1) is 0 Å². The zero-order valence-electron chi connectivity index (χ0n) is 12.0. The van der Waals surface area contributed by atoms with Crippen LogP contribution < -0.4 is 4.90 Å². The van der Waals surface area contributed by atoms with Gasteiger partial charge in [-0.1, -0.05) is 0 Å². The molecule has 5 nitrogen and oxygen atoms in total. The van der Waals surface area contributed by atoms with E-state index in [-0.39, 0.29) is 11.9 Å². The van der Waals surface area contributed by atoms with E-state index in [2.05, 4.69) is 26.8 Å². The first kappa shape index (κ1) is 13.9. The average molecular weight is 287 g/mol. The zero-order valence-corrected chi connectivity index (χ0v) is 12.0. The molecule has 3 rings (SSSR count). The highest BCUT2D eigenvalue weighted by Gasteiger charge is 2.24. The van der Waals surface area contributed by atoms with Crippen LogP contribution in [0.15, 0.2) is 36.9 Å². The molecular formula is C15H18FN5. The molecule has 1 aliphatic heterocycles. The van der Waals surface area contributed by atoms with Crippen LogP contribution in [0.5, 0.6) is 0 Å². The first-order valence-corrected chi connectivity index (χ1v) is 7.11. The fourth-order valence-corrected chi connectivity index (χ4v) is 2.64. The van der Waals surface area contributed by atoms with E-state index < -0.39 is 0 Å². The molecule has 0 N–H and O–H groups in total. The van der Waals surface area contributed by atoms with Crippen LogP contribution in [-0.2, 0) is 0 Å². The largest absolute Gasteiger partial charge is 0.352 e. The number of aromatic nitrogens is 3. The molecule has 2 aromatic heterocycles. The first-order chi connectivity index (χ1) is 10.3. The van der Waals surface area contributed by atoms with Crippen molar-refractivity contribution in [3.8, 4) is 0 Å². The van der Waals surface area contributed by atoms with E-state index in [0.29, 0.717) is 5.82 Å². The summed E-state index contributed by atoms with van der Waals surface area (Å²) in [7, 11) is 0. The van der Waals surface area contributed by atoms with Gasteiger partial charge < -0.3 is 4.90 Å². The Morgan fingerprint density at radius 2 is 1.90 bits per heavy atom. The van der Waals surface area contributed by atoms with Crippen LogP contribution in [0.25, 0.3) is 0 Å². The minimum absolute atomic E-state index is 0.217. The van der Waals surface area contributed by atoms with Crippen molar-refractivity contribution >= 4 is 5.82 Å². The van der Waals surface area contributed by atoms with Crippen molar-refractivity contribution in [3.63, 3.8) is 0 Å². The number of hydrogen-bond acceptors (Lipinski definition) is 5. The number of hydrogen-bond donors (Lipinski definition) is 0. The van der Waals surface area contributed by atoms with E-state index in [0.717, 1.165) is 31.9 Å². The van der Waals surface area contributed by atoms with E-state index in [1.165, 1.54) is 6.07 Å². The van der Waals surface area contributed by atoms with Gasteiger partial charge in [0.05, 0.1) is 11.7 Å². The summed E-state index contributed by atoms with van der Waals surface area (Å²) in [6.07, 6.45) is 6.83. The van der Waals surface area contributed by atoms with Crippen LogP contribution in [0.1, 0.15) is 18.7 Å². The standard InChI is InChI=1S/C15H18FN5/c1-12(14-11-17-5-6-18-14)20-7-9-21(10-8-20)15-13(16)3-2-4-19-15/h2-6,11-12H,7-10H2,1H3. The van der Waals surface area contributed by atoms with Gasteiger partial charge >= 0.3 is 0 Å². The number of pyridine rings is 1. The van der Waals surface area contributed by atoms with Crippen molar-refractivity contribution in [2.24, 2.45) is 0 Å². The minimum Gasteiger partial charge on any atom is -0.352 e. The summed E-state index contributed by atoms with van der Waals surface area (Å²) in [4.78, 5) is 16.9. The summed E-state index contributed by atoms with van der Waals surface area (Å²) in [6, 6.07) is 3.29. The summed E-state index contributed by atoms with van der Waals surface area (Å²) in [5, 5.41) is 0. The molecule has 0 bridgehead atoms. The summed E-state index contributed by atoms with van der Waals surface area (Å²) in [6.45, 7) is 5.36. The molecule has 1 fully saturated rings. The molecule has 2 aromatic rings. The third-order valence-electron chi connectivity index (χ3n) is 3.91. The van der Waals surface area contributed by atoms with Gasteiger partial charge in [0.1, 0.15) is 0 Å². The molecule has 0 spiro atoms. The van der Waals surface area contributed by atoms with Crippen molar-refractivity contribution in [2.75, 3.05) is 31.1 Å². The number of halogens is 1. The van der Waals surface area contributed by atoms with E-state index in [4.69, 9.17) is 0 Å². The van der Waals surface area contributed by atoms with E-state index in [1.807, 2.05) is 4.90 Å². The normalized spacial score (nSPS) is 17.7. The fraction of sp³-hybridized carbons (Fsp3) is 0.400. The highest BCUT2D eigenvalue weighted by atomic mass is 19.1. The van der Waals surface area contributed by atoms with Crippen molar-refractivity contribution in [1.82, 2.24) is 19.9 Å². The van der Waals surface area contributed by atoms with Crippen molar-refractivity contribution in [1.29, 1.82) is 0 Å². The number of rotatable bonds is 3. The number of nitrogens with zero attached hydrogens (tertiary/aromatic N) is 5. The second-order valence-corrected chi connectivity index (χ2v) is 5.14. The Balaban J connectivity index is 1.64. The van der Waals surface area contributed by atoms with Crippen LogP contribution in [0.2, 0.25) is 0 Å². The van der Waals surface area contributed by atoms with Gasteiger partial charge in [0.2, 0.25) is 0 Å². The van der Waals surface area contributed by atoms with Gasteiger partial charge in [0.15, 0.2) is 11.6 Å². The third kappa shape index (κ3) is 3.00. The molecular weight excluding hydrogens is 269 g/mol. The molecule has 0 saturated carbocycles. The Labute approximate surface area is 123 Å². The lowest BCUT2D eigenvalue weighted by Gasteiger charge is -2.38. The molecule has 0 radical (unpaired) electrons. The first-order valence-electron chi connectivity index (χ1n) is 7.11. The molecule has 1 atom stereocenters. The average Bonchev–Trinajstić information content (AvgIpc) is 2.56. The molecule has 0 amide bonds. The maximum absolute atomic E-state index is 13.8. The van der Waals surface area contributed by atoms with Crippen LogP contribution in [0.4, 0.5) is 10.2 Å². The lowest BCUT2D eigenvalue weighted by atomic mass is 10.2. The van der Waals surface area contributed by atoms with Gasteiger partial charge in [0, 0.05) is 51.0 Å². The second-order valence-electron chi connectivity index (χ2n) is 5.14. The highest BCUT2D eigenvalue weighted by Crippen LogP contribution is 2.22. The molecule has 1 unspecified atom stereocenters. The maximum atomic E-state index is 13.8. The van der Waals surface area contributed by atoms with E-state index in [1.54, 1.807) is 30.9 Å². The Bertz CT molecular complexity index is 584. The van der Waals surface area contributed by atoms with Gasteiger partial charge in [-0.2, -0.15) is 0 Å². The maximum Gasteiger partial charge on any atom is 0.165 e. The van der Waals surface area contributed by atoms with Gasteiger partial charge in [-0.05, 0) is 19.1 Å². The van der Waals surface area contributed by atoms with E-state index >= 15 is 0 Å². The quantitative estimate of drug-likeness (QED) is 0.862. The molecule has 3 heterocycles. The fourth-order valence-electron chi connectivity index (χ4n) is 2.64. The number of anilines is 1. The zero-order chi connectivity index (χ0) is 14.7. The Morgan fingerprint density at radius 1 is 1.10 bits per heavy atom. The molecule has 6 heteroatoms. The smallest absolute Gasteiger partial charge is 0.165 e. The topological polar surface area (TPSA) is 45.2 Å². The lowest BCUT2D eigenvalue weighted by molar-refractivity contribution is 0.194. The summed E-state index contributed by atoms with van der Waals surface area (Å²) < 4.78 is 13.8. The highest BCUT2D eigenvalue weighted by molar-refractivity contribution is 5.40. The molecule has 110 valence electrons. The molecule has 1 saturated heterocycles. The van der Waals surface area contributed by atoms with Crippen LogP contribution in [0.3, 0.4) is 0 Å². The summed E-state index contributed by atoms with van der Waals surface area (Å²) in [5.74, 6) is 0.192. The Hall–Kier alpha value is -2.08. The molecule has 0 aliphatic carbocycles. The lowest BCUT2D eigenvalue weighted by Crippen LogP contribution is -2.47. The SMILES string of the molecule is CC(c1cnccn1)N1CCN(c2ncccc2F)CC1. The van der Waals surface area contributed by atoms with E-state index in [9.17, 15) is 4.39 Å². The van der Waals surface area contributed by atoms with Crippen LogP contribution >= 0.6 is 0 Å². The van der Waals surface area contributed by atoms with Gasteiger partial charge in [0.25, 0.3) is 0 Å². The van der Waals surface area contributed by atoms with Crippen molar-refractivity contribution in [2.45, 2.75) is 13.0 Å². The monoisotopic (exact) mass is 287 g/mol. The van der Waals surface area contributed by atoms with Crippen molar-refractivity contribution in [3.05, 3.63) is 48.4 Å². The van der Waals surface area contributed by atoms with Gasteiger partial charge in [-0.3, -0.25) is 14.9 Å². The predicted molar refractivity (Wildman–Crippen MR) is 78.4 cm³/mol. The summed E-state index contributed by atoms with van der Waals surface area (Å²) in [5.41, 5.74) is 0.968. The minimum atomic E-state index is -0.257. The van der Waals surface area contributed by atoms with Gasteiger partial charge in [-0.25, -0.2) is 9.37 Å². The molecule has 0 aromatic carbocycles. The Kier molecular flexibility index (Phi) is 4.06. The van der Waals surface area contributed by atoms with Crippen molar-refractivity contribution < 1.29 is 4.39 Å². The molecule has 21 heavy (non-hydrogen) atoms.